The van der Waals surface area contributed by atoms with Gasteiger partial charge in [-0.15, -0.1) is 0 Å². The van der Waals surface area contributed by atoms with Crippen LogP contribution in [0.4, 0.5) is 5.95 Å². The van der Waals surface area contributed by atoms with Crippen LogP contribution >= 0.6 is 0 Å². The highest BCUT2D eigenvalue weighted by Gasteiger charge is 2.21. The van der Waals surface area contributed by atoms with Crippen molar-refractivity contribution in [2.45, 2.75) is 33.6 Å². The number of aromatic nitrogens is 2. The normalized spacial score (nSPS) is 20.0. The molecular formula is C15H26N4. The van der Waals surface area contributed by atoms with E-state index < -0.39 is 0 Å². The fourth-order valence-electron chi connectivity index (χ4n) is 2.58. The molecule has 1 aromatic rings. The second-order valence-electron chi connectivity index (χ2n) is 6.00. The van der Waals surface area contributed by atoms with E-state index in [1.807, 2.05) is 19.2 Å². The molecule has 0 bridgehead atoms. The minimum absolute atomic E-state index is 0.719. The molecule has 1 aromatic heterocycles. The van der Waals surface area contributed by atoms with Gasteiger partial charge in [0.15, 0.2) is 0 Å². The first-order valence-corrected chi connectivity index (χ1v) is 7.40. The van der Waals surface area contributed by atoms with Crippen molar-refractivity contribution in [1.29, 1.82) is 0 Å². The van der Waals surface area contributed by atoms with Gasteiger partial charge in [-0.3, -0.25) is 0 Å². The second kappa shape index (κ2) is 6.85. The Labute approximate surface area is 116 Å². The largest absolute Gasteiger partial charge is 0.340 e. The van der Waals surface area contributed by atoms with E-state index in [0.29, 0.717) is 0 Å². The van der Waals surface area contributed by atoms with Crippen LogP contribution in [0.1, 0.15) is 32.4 Å². The van der Waals surface area contributed by atoms with Crippen LogP contribution in [0.3, 0.4) is 0 Å². The van der Waals surface area contributed by atoms with Gasteiger partial charge in [-0.25, -0.2) is 9.97 Å². The minimum atomic E-state index is 0.719. The fraction of sp³-hybridized carbons (Fsp3) is 0.733. The highest BCUT2D eigenvalue weighted by Crippen LogP contribution is 2.19. The molecule has 1 aliphatic rings. The van der Waals surface area contributed by atoms with Crippen molar-refractivity contribution in [2.75, 3.05) is 31.1 Å². The van der Waals surface area contributed by atoms with Gasteiger partial charge in [0.25, 0.3) is 0 Å². The number of nitrogens with one attached hydrogen (secondary N) is 1. The quantitative estimate of drug-likeness (QED) is 0.883. The van der Waals surface area contributed by atoms with Crippen LogP contribution < -0.4 is 10.2 Å². The highest BCUT2D eigenvalue weighted by atomic mass is 15.3. The Kier molecular flexibility index (Phi) is 5.14. The van der Waals surface area contributed by atoms with Crippen molar-refractivity contribution in [3.05, 3.63) is 18.0 Å². The van der Waals surface area contributed by atoms with Gasteiger partial charge in [0, 0.05) is 25.0 Å². The van der Waals surface area contributed by atoms with Gasteiger partial charge in [0.1, 0.15) is 0 Å². The Morgan fingerprint density at radius 1 is 1.47 bits per heavy atom. The number of anilines is 1. The third kappa shape index (κ3) is 4.46. The monoisotopic (exact) mass is 262 g/mol. The number of hydrogen-bond donors (Lipinski definition) is 1. The van der Waals surface area contributed by atoms with Crippen LogP contribution in [-0.2, 0) is 0 Å². The van der Waals surface area contributed by atoms with E-state index in [1.54, 1.807) is 0 Å². The lowest BCUT2D eigenvalue weighted by atomic mass is 9.98. The Hall–Kier alpha value is -1.16. The molecule has 106 valence electrons. The van der Waals surface area contributed by atoms with E-state index in [2.05, 4.69) is 34.0 Å². The van der Waals surface area contributed by atoms with Crippen LogP contribution in [0.2, 0.25) is 0 Å². The average molecular weight is 262 g/mol. The van der Waals surface area contributed by atoms with E-state index in [1.165, 1.54) is 12.8 Å². The van der Waals surface area contributed by atoms with Crippen LogP contribution in [-0.4, -0.2) is 36.1 Å². The van der Waals surface area contributed by atoms with Gasteiger partial charge in [-0.1, -0.05) is 13.8 Å². The predicted molar refractivity (Wildman–Crippen MR) is 79.4 cm³/mol. The van der Waals surface area contributed by atoms with Crippen molar-refractivity contribution >= 4 is 5.95 Å². The predicted octanol–water partition coefficient (Wildman–Crippen LogP) is 2.25. The summed E-state index contributed by atoms with van der Waals surface area (Å²) in [6.07, 6.45) is 4.41. The van der Waals surface area contributed by atoms with Gasteiger partial charge in [0.05, 0.1) is 0 Å². The molecule has 0 saturated carbocycles. The molecule has 1 N–H and O–H groups in total. The first-order valence-electron chi connectivity index (χ1n) is 7.40. The Morgan fingerprint density at radius 3 is 3.05 bits per heavy atom. The van der Waals surface area contributed by atoms with Crippen molar-refractivity contribution in [3.63, 3.8) is 0 Å². The minimum Gasteiger partial charge on any atom is -0.340 e. The molecule has 0 spiro atoms. The van der Waals surface area contributed by atoms with E-state index in [-0.39, 0.29) is 0 Å². The van der Waals surface area contributed by atoms with Gasteiger partial charge >= 0.3 is 0 Å². The summed E-state index contributed by atoms with van der Waals surface area (Å²) in [6, 6.07) is 1.95. The summed E-state index contributed by atoms with van der Waals surface area (Å²) in [5, 5.41) is 3.57. The zero-order chi connectivity index (χ0) is 13.7. The lowest BCUT2D eigenvalue weighted by Crippen LogP contribution is -2.41. The lowest BCUT2D eigenvalue weighted by Gasteiger charge is -2.33. The number of rotatable bonds is 5. The summed E-state index contributed by atoms with van der Waals surface area (Å²) >= 11 is 0. The van der Waals surface area contributed by atoms with Gasteiger partial charge in [-0.05, 0) is 50.8 Å². The molecule has 0 amide bonds. The van der Waals surface area contributed by atoms with Crippen molar-refractivity contribution in [3.8, 4) is 0 Å². The molecule has 2 rings (SSSR count). The topological polar surface area (TPSA) is 41.1 Å². The molecule has 2 heterocycles. The van der Waals surface area contributed by atoms with Gasteiger partial charge in [0.2, 0.25) is 5.95 Å². The number of piperidine rings is 1. The molecule has 1 aliphatic heterocycles. The van der Waals surface area contributed by atoms with Crippen LogP contribution in [0.25, 0.3) is 0 Å². The Morgan fingerprint density at radius 2 is 2.32 bits per heavy atom. The summed E-state index contributed by atoms with van der Waals surface area (Å²) in [7, 11) is 0. The van der Waals surface area contributed by atoms with Gasteiger partial charge < -0.3 is 10.2 Å². The first-order chi connectivity index (χ1) is 9.15. The maximum atomic E-state index is 4.53. The number of hydrogen-bond acceptors (Lipinski definition) is 4. The van der Waals surface area contributed by atoms with Crippen molar-refractivity contribution < 1.29 is 0 Å². The van der Waals surface area contributed by atoms with Crippen molar-refractivity contribution in [2.24, 2.45) is 11.8 Å². The van der Waals surface area contributed by atoms with Crippen LogP contribution in [0, 0.1) is 18.8 Å². The lowest BCUT2D eigenvalue weighted by molar-refractivity contribution is 0.379. The maximum absolute atomic E-state index is 4.53. The second-order valence-corrected chi connectivity index (χ2v) is 6.00. The molecule has 19 heavy (non-hydrogen) atoms. The summed E-state index contributed by atoms with van der Waals surface area (Å²) in [5.41, 5.74) is 1.05. The molecule has 1 saturated heterocycles. The summed E-state index contributed by atoms with van der Waals surface area (Å²) in [6.45, 7) is 10.9. The third-order valence-electron chi connectivity index (χ3n) is 3.57. The van der Waals surface area contributed by atoms with E-state index in [4.69, 9.17) is 0 Å². The van der Waals surface area contributed by atoms with Crippen LogP contribution in [0.15, 0.2) is 12.3 Å². The smallest absolute Gasteiger partial charge is 0.225 e. The zero-order valence-electron chi connectivity index (χ0n) is 12.4. The molecule has 0 aromatic carbocycles. The number of aryl methyl sites for hydroxylation is 1. The molecular weight excluding hydrogens is 236 g/mol. The standard InChI is InChI=1S/C15H26N4/c1-12(2)9-16-10-14-5-4-8-19(11-14)15-17-7-6-13(3)18-15/h6-7,12,14,16H,4-5,8-11H2,1-3H3. The molecule has 4 nitrogen and oxygen atoms in total. The molecule has 0 radical (unpaired) electrons. The Bertz CT molecular complexity index is 391. The SMILES string of the molecule is Cc1ccnc(N2CCCC(CNCC(C)C)C2)n1. The van der Waals surface area contributed by atoms with E-state index in [9.17, 15) is 0 Å². The summed E-state index contributed by atoms with van der Waals surface area (Å²) in [5.74, 6) is 2.34. The van der Waals surface area contributed by atoms with Crippen LogP contribution in [0.5, 0.6) is 0 Å². The summed E-state index contributed by atoms with van der Waals surface area (Å²) in [4.78, 5) is 11.3. The first kappa shape index (κ1) is 14.3. The fourth-order valence-corrected chi connectivity index (χ4v) is 2.58. The number of nitrogens with zero attached hydrogens (tertiary/aromatic N) is 3. The molecule has 1 atom stereocenters. The van der Waals surface area contributed by atoms with E-state index in [0.717, 1.165) is 49.7 Å². The van der Waals surface area contributed by atoms with Crippen molar-refractivity contribution in [1.82, 2.24) is 15.3 Å². The Balaban J connectivity index is 1.86. The molecule has 1 fully saturated rings. The molecule has 0 aliphatic carbocycles. The van der Waals surface area contributed by atoms with Gasteiger partial charge in [-0.2, -0.15) is 0 Å². The van der Waals surface area contributed by atoms with E-state index >= 15 is 0 Å². The third-order valence-corrected chi connectivity index (χ3v) is 3.57. The molecule has 1 unspecified atom stereocenters. The summed E-state index contributed by atoms with van der Waals surface area (Å²) < 4.78 is 0. The zero-order valence-corrected chi connectivity index (χ0v) is 12.4. The maximum Gasteiger partial charge on any atom is 0.225 e. The average Bonchev–Trinajstić information content (AvgIpc) is 2.39. The molecule has 4 heteroatoms. The highest BCUT2D eigenvalue weighted by molar-refractivity contribution is 5.30.